The van der Waals surface area contributed by atoms with Gasteiger partial charge < -0.3 is 10.5 Å². The van der Waals surface area contributed by atoms with Gasteiger partial charge in [-0.25, -0.2) is 13.1 Å². The fourth-order valence-electron chi connectivity index (χ4n) is 1.82. The highest BCUT2D eigenvalue weighted by Crippen LogP contribution is 2.18. The first-order chi connectivity index (χ1) is 9.90. The Labute approximate surface area is 125 Å². The van der Waals surface area contributed by atoms with Crippen molar-refractivity contribution in [2.24, 2.45) is 0 Å². The van der Waals surface area contributed by atoms with Gasteiger partial charge in [-0.1, -0.05) is 13.0 Å². The number of anilines is 1. The van der Waals surface area contributed by atoms with Crippen molar-refractivity contribution in [2.45, 2.75) is 38.0 Å². The van der Waals surface area contributed by atoms with E-state index in [1.807, 2.05) is 6.92 Å². The van der Waals surface area contributed by atoms with E-state index in [1.54, 1.807) is 13.0 Å². The summed E-state index contributed by atoms with van der Waals surface area (Å²) in [7, 11) is -3.60. The SMILES string of the molecule is CCOC(=O)CCCNS(=O)(=O)c1ccc(CC)c(N)c1. The van der Waals surface area contributed by atoms with Crippen LogP contribution in [0.1, 0.15) is 32.3 Å². The summed E-state index contributed by atoms with van der Waals surface area (Å²) in [4.78, 5) is 11.3. The molecule has 1 rings (SSSR count). The number of carbonyl (C=O) groups is 1. The van der Waals surface area contributed by atoms with Crippen LogP contribution in [0.4, 0.5) is 5.69 Å². The maximum absolute atomic E-state index is 12.1. The molecule has 0 heterocycles. The molecule has 1 aromatic carbocycles. The van der Waals surface area contributed by atoms with E-state index in [-0.39, 0.29) is 23.8 Å². The van der Waals surface area contributed by atoms with Crippen LogP contribution in [0.15, 0.2) is 23.1 Å². The van der Waals surface area contributed by atoms with Crippen molar-refractivity contribution in [2.75, 3.05) is 18.9 Å². The average molecular weight is 314 g/mol. The van der Waals surface area contributed by atoms with Crippen LogP contribution in [0.5, 0.6) is 0 Å². The number of rotatable bonds is 8. The second kappa shape index (κ2) is 7.99. The van der Waals surface area contributed by atoms with Gasteiger partial charge in [0, 0.05) is 18.7 Å². The van der Waals surface area contributed by atoms with Crippen molar-refractivity contribution in [3.63, 3.8) is 0 Å². The van der Waals surface area contributed by atoms with Crippen LogP contribution < -0.4 is 10.5 Å². The number of nitrogens with one attached hydrogen (secondary N) is 1. The molecule has 0 unspecified atom stereocenters. The van der Waals surface area contributed by atoms with Gasteiger partial charge in [-0.15, -0.1) is 0 Å². The minimum absolute atomic E-state index is 0.133. The zero-order valence-electron chi connectivity index (χ0n) is 12.4. The molecule has 118 valence electrons. The highest BCUT2D eigenvalue weighted by molar-refractivity contribution is 7.89. The first-order valence-corrected chi connectivity index (χ1v) is 8.42. The Kier molecular flexibility index (Phi) is 6.64. The maximum atomic E-state index is 12.1. The zero-order chi connectivity index (χ0) is 15.9. The fraction of sp³-hybridized carbons (Fsp3) is 0.500. The van der Waals surface area contributed by atoms with Crippen LogP contribution in [-0.4, -0.2) is 27.5 Å². The molecular formula is C14H22N2O4S. The Morgan fingerprint density at radius 1 is 1.33 bits per heavy atom. The molecule has 0 spiro atoms. The van der Waals surface area contributed by atoms with Crippen molar-refractivity contribution in [1.29, 1.82) is 0 Å². The van der Waals surface area contributed by atoms with Gasteiger partial charge >= 0.3 is 5.97 Å². The van der Waals surface area contributed by atoms with Gasteiger partial charge in [-0.2, -0.15) is 0 Å². The maximum Gasteiger partial charge on any atom is 0.305 e. The highest BCUT2D eigenvalue weighted by Gasteiger charge is 2.14. The third-order valence-electron chi connectivity index (χ3n) is 2.96. The van der Waals surface area contributed by atoms with Crippen molar-refractivity contribution in [1.82, 2.24) is 4.72 Å². The van der Waals surface area contributed by atoms with Crippen LogP contribution in [0.3, 0.4) is 0 Å². The van der Waals surface area contributed by atoms with Crippen molar-refractivity contribution < 1.29 is 17.9 Å². The smallest absolute Gasteiger partial charge is 0.305 e. The van der Waals surface area contributed by atoms with E-state index < -0.39 is 10.0 Å². The minimum atomic E-state index is -3.60. The van der Waals surface area contributed by atoms with Crippen molar-refractivity contribution in [3.8, 4) is 0 Å². The molecule has 0 saturated heterocycles. The molecule has 0 atom stereocenters. The second-order valence-corrected chi connectivity index (χ2v) is 6.29. The minimum Gasteiger partial charge on any atom is -0.466 e. The topological polar surface area (TPSA) is 98.5 Å². The lowest BCUT2D eigenvalue weighted by Gasteiger charge is -2.09. The molecule has 0 aromatic heterocycles. The molecule has 0 bridgehead atoms. The van der Waals surface area contributed by atoms with Gasteiger partial charge in [0.05, 0.1) is 11.5 Å². The Bertz CT molecular complexity index is 585. The molecule has 0 saturated carbocycles. The highest BCUT2D eigenvalue weighted by atomic mass is 32.2. The zero-order valence-corrected chi connectivity index (χ0v) is 13.2. The third kappa shape index (κ3) is 5.35. The lowest BCUT2D eigenvalue weighted by atomic mass is 10.1. The first-order valence-electron chi connectivity index (χ1n) is 6.94. The Balaban J connectivity index is 2.58. The summed E-state index contributed by atoms with van der Waals surface area (Å²) in [5.41, 5.74) is 7.18. The van der Waals surface area contributed by atoms with Crippen LogP contribution in [0.25, 0.3) is 0 Å². The lowest BCUT2D eigenvalue weighted by molar-refractivity contribution is -0.143. The molecule has 0 aliphatic carbocycles. The van der Waals surface area contributed by atoms with Crippen LogP contribution >= 0.6 is 0 Å². The van der Waals surface area contributed by atoms with Gasteiger partial charge in [0.25, 0.3) is 0 Å². The van der Waals surface area contributed by atoms with E-state index in [0.717, 1.165) is 12.0 Å². The Morgan fingerprint density at radius 2 is 2.05 bits per heavy atom. The van der Waals surface area contributed by atoms with E-state index in [0.29, 0.717) is 18.7 Å². The molecular weight excluding hydrogens is 292 g/mol. The Morgan fingerprint density at radius 3 is 2.62 bits per heavy atom. The second-order valence-electron chi connectivity index (χ2n) is 4.52. The number of benzene rings is 1. The normalized spacial score (nSPS) is 11.3. The van der Waals surface area contributed by atoms with E-state index in [2.05, 4.69) is 4.72 Å². The molecule has 0 aliphatic heterocycles. The van der Waals surface area contributed by atoms with Gasteiger partial charge in [0.2, 0.25) is 10.0 Å². The van der Waals surface area contributed by atoms with Crippen LogP contribution in [-0.2, 0) is 26.0 Å². The number of hydrogen-bond acceptors (Lipinski definition) is 5. The van der Waals surface area contributed by atoms with E-state index in [9.17, 15) is 13.2 Å². The third-order valence-corrected chi connectivity index (χ3v) is 4.42. The first kappa shape index (κ1) is 17.5. The van der Waals surface area contributed by atoms with Gasteiger partial charge in [0.15, 0.2) is 0 Å². The van der Waals surface area contributed by atoms with Gasteiger partial charge in [-0.3, -0.25) is 4.79 Å². The lowest BCUT2D eigenvalue weighted by Crippen LogP contribution is -2.25. The van der Waals surface area contributed by atoms with Crippen molar-refractivity contribution in [3.05, 3.63) is 23.8 Å². The summed E-state index contributed by atoms with van der Waals surface area (Å²) in [5.74, 6) is -0.326. The number of nitrogens with two attached hydrogens (primary N) is 1. The average Bonchev–Trinajstić information content (AvgIpc) is 2.44. The molecule has 0 radical (unpaired) electrons. The Hall–Kier alpha value is -1.60. The molecule has 1 aromatic rings. The van der Waals surface area contributed by atoms with Crippen LogP contribution in [0, 0.1) is 0 Å². The quantitative estimate of drug-likeness (QED) is 0.430. The van der Waals surface area contributed by atoms with Crippen molar-refractivity contribution >= 4 is 21.7 Å². The summed E-state index contributed by atoms with van der Waals surface area (Å²) < 4.78 is 31.4. The molecule has 0 fully saturated rings. The number of nitrogen functional groups attached to an aromatic ring is 1. The number of hydrogen-bond donors (Lipinski definition) is 2. The molecule has 6 nitrogen and oxygen atoms in total. The largest absolute Gasteiger partial charge is 0.466 e. The number of ether oxygens (including phenoxy) is 1. The molecule has 3 N–H and O–H groups in total. The molecule has 7 heteroatoms. The van der Waals surface area contributed by atoms with Gasteiger partial charge in [0.1, 0.15) is 0 Å². The predicted octanol–water partition coefficient (Wildman–Crippen LogP) is 1.45. The van der Waals surface area contributed by atoms with Gasteiger partial charge in [-0.05, 0) is 37.5 Å². The number of sulfonamides is 1. The standard InChI is InChI=1S/C14H22N2O4S/c1-3-11-7-8-12(10-13(11)15)21(18,19)16-9-5-6-14(17)20-4-2/h7-8,10,16H,3-6,9,15H2,1-2H3. The summed E-state index contributed by atoms with van der Waals surface area (Å²) in [6.07, 6.45) is 1.33. The van der Waals surface area contributed by atoms with E-state index in [4.69, 9.17) is 10.5 Å². The van der Waals surface area contributed by atoms with E-state index >= 15 is 0 Å². The summed E-state index contributed by atoms with van der Waals surface area (Å²) in [5, 5.41) is 0. The number of carbonyl (C=O) groups excluding carboxylic acids is 1. The molecule has 0 aliphatic rings. The summed E-state index contributed by atoms with van der Waals surface area (Å²) >= 11 is 0. The van der Waals surface area contributed by atoms with Crippen LogP contribution in [0.2, 0.25) is 0 Å². The molecule has 21 heavy (non-hydrogen) atoms. The number of esters is 1. The number of aryl methyl sites for hydroxylation is 1. The predicted molar refractivity (Wildman–Crippen MR) is 81.3 cm³/mol. The van der Waals surface area contributed by atoms with E-state index in [1.165, 1.54) is 12.1 Å². The fourth-order valence-corrected chi connectivity index (χ4v) is 2.93. The monoisotopic (exact) mass is 314 g/mol. The molecule has 0 amide bonds. The summed E-state index contributed by atoms with van der Waals surface area (Å²) in [6, 6.07) is 4.69. The summed E-state index contributed by atoms with van der Waals surface area (Å²) in [6.45, 7) is 4.18.